The molecule has 15 heteroatoms. The number of hydrogen-bond donors (Lipinski definition) is 8. The minimum atomic E-state index is -1.39. The molecule has 0 aromatic carbocycles. The monoisotopic (exact) mass is 669 g/mol. The maximum atomic E-state index is 13.6. The Balaban J connectivity index is 5.87. The van der Waals surface area contributed by atoms with E-state index in [2.05, 4.69) is 26.6 Å². The Morgan fingerprint density at radius 2 is 1.04 bits per heavy atom. The molecule has 0 aliphatic carbocycles. The first-order valence-electron chi connectivity index (χ1n) is 16.5. The molecule has 270 valence electrons. The van der Waals surface area contributed by atoms with E-state index in [-0.39, 0.29) is 49.4 Å². The van der Waals surface area contributed by atoms with Crippen LogP contribution in [0.25, 0.3) is 0 Å². The van der Waals surface area contributed by atoms with Crippen LogP contribution in [0.1, 0.15) is 101 Å². The van der Waals surface area contributed by atoms with Crippen LogP contribution in [0.4, 0.5) is 0 Å². The Morgan fingerprint density at radius 3 is 1.47 bits per heavy atom. The summed E-state index contributed by atoms with van der Waals surface area (Å²) in [6.07, 6.45) is 0.961. The molecule has 0 unspecified atom stereocenters. The third kappa shape index (κ3) is 17.1. The number of hydrogen-bond acceptors (Lipinski definition) is 8. The number of primary amides is 1. The number of aliphatic carboxylic acids is 1. The highest BCUT2D eigenvalue weighted by Gasteiger charge is 2.34. The van der Waals surface area contributed by atoms with E-state index in [1.807, 2.05) is 55.4 Å². The van der Waals surface area contributed by atoms with Gasteiger partial charge < -0.3 is 43.2 Å². The summed E-state index contributed by atoms with van der Waals surface area (Å²) in [6, 6.07) is -6.45. The standard InChI is InChI=1S/C32H59N7O8/c1-10-19(8)26(39-28(42)21(33)13-16(2)3)31(45)38-24(15-18(6)7)30(44)37-23(14-17(4)5)29(43)35-20(9)27(41)36-22(32(46)47)11-12-25(34)40/h16-24,26H,10-15,33H2,1-9H3,(H2,34,40)(H,35,43)(H,36,41)(H,37,44)(H,38,45)(H,39,42)(H,46,47)/t19-,20-,21-,22-,23-,24-,26-/m0/s1. The molecule has 0 bridgehead atoms. The molecule has 47 heavy (non-hydrogen) atoms. The van der Waals surface area contributed by atoms with Crippen molar-refractivity contribution in [1.82, 2.24) is 26.6 Å². The third-order valence-corrected chi connectivity index (χ3v) is 7.58. The van der Waals surface area contributed by atoms with Gasteiger partial charge in [-0.15, -0.1) is 0 Å². The molecule has 0 radical (unpaired) electrons. The Bertz CT molecular complexity index is 1080. The molecule has 0 aromatic heterocycles. The maximum absolute atomic E-state index is 13.6. The maximum Gasteiger partial charge on any atom is 0.326 e. The van der Waals surface area contributed by atoms with Crippen molar-refractivity contribution in [2.45, 2.75) is 137 Å². The molecule has 0 rings (SSSR count). The highest BCUT2D eigenvalue weighted by Crippen LogP contribution is 2.13. The zero-order valence-electron chi connectivity index (χ0n) is 29.5. The fourth-order valence-corrected chi connectivity index (χ4v) is 4.74. The van der Waals surface area contributed by atoms with Crippen molar-refractivity contribution < 1.29 is 38.7 Å². The van der Waals surface area contributed by atoms with Crippen LogP contribution in [0.2, 0.25) is 0 Å². The second-order valence-electron chi connectivity index (χ2n) is 13.6. The summed E-state index contributed by atoms with van der Waals surface area (Å²) >= 11 is 0. The zero-order valence-corrected chi connectivity index (χ0v) is 29.5. The topological polar surface area (TPSA) is 252 Å². The molecule has 0 spiro atoms. The third-order valence-electron chi connectivity index (χ3n) is 7.58. The van der Waals surface area contributed by atoms with Gasteiger partial charge in [-0.1, -0.05) is 61.8 Å². The first-order chi connectivity index (χ1) is 21.7. The van der Waals surface area contributed by atoms with Gasteiger partial charge in [0.2, 0.25) is 35.4 Å². The minimum absolute atomic E-state index is 0.0278. The van der Waals surface area contributed by atoms with Crippen molar-refractivity contribution in [1.29, 1.82) is 0 Å². The predicted octanol–water partition coefficient (Wildman–Crippen LogP) is 0.292. The highest BCUT2D eigenvalue weighted by molar-refractivity contribution is 5.96. The molecule has 0 aliphatic heterocycles. The number of rotatable bonds is 22. The van der Waals surface area contributed by atoms with E-state index in [0.29, 0.717) is 12.8 Å². The summed E-state index contributed by atoms with van der Waals surface area (Å²) in [6.45, 7) is 16.4. The number of nitrogens with two attached hydrogens (primary N) is 2. The Morgan fingerprint density at radius 1 is 0.596 bits per heavy atom. The molecule has 7 atom stereocenters. The van der Waals surface area contributed by atoms with Crippen molar-refractivity contribution in [3.05, 3.63) is 0 Å². The lowest BCUT2D eigenvalue weighted by atomic mass is 9.95. The lowest BCUT2D eigenvalue weighted by molar-refractivity contribution is -0.142. The van der Waals surface area contributed by atoms with E-state index in [0.717, 1.165) is 0 Å². The number of carbonyl (C=O) groups excluding carboxylic acids is 6. The van der Waals surface area contributed by atoms with E-state index in [1.165, 1.54) is 6.92 Å². The molecule has 6 amide bonds. The van der Waals surface area contributed by atoms with Gasteiger partial charge in [-0.3, -0.25) is 28.8 Å². The Labute approximate surface area is 278 Å². The second kappa shape index (κ2) is 21.2. The van der Waals surface area contributed by atoms with Gasteiger partial charge in [0.1, 0.15) is 30.2 Å². The van der Waals surface area contributed by atoms with E-state index in [4.69, 9.17) is 11.5 Å². The predicted molar refractivity (Wildman–Crippen MR) is 177 cm³/mol. The lowest BCUT2D eigenvalue weighted by Gasteiger charge is -2.29. The summed E-state index contributed by atoms with van der Waals surface area (Å²) in [7, 11) is 0. The number of nitrogens with one attached hydrogen (secondary N) is 5. The fourth-order valence-electron chi connectivity index (χ4n) is 4.74. The summed E-state index contributed by atoms with van der Waals surface area (Å²) < 4.78 is 0. The van der Waals surface area contributed by atoms with Crippen LogP contribution in [-0.2, 0) is 33.6 Å². The Hall–Kier alpha value is -3.75. The van der Waals surface area contributed by atoms with Crippen molar-refractivity contribution >= 4 is 41.4 Å². The fraction of sp³-hybridized carbons (Fsp3) is 0.781. The molecule has 0 saturated carbocycles. The SMILES string of the molecule is CC[C@H](C)[C@H](NC(=O)[C@@H](N)CC(C)C)C(=O)N[C@@H](CC(C)C)C(=O)N[C@@H](CC(C)C)C(=O)N[C@@H](C)C(=O)N[C@@H](CCC(N)=O)C(=O)O. The van der Waals surface area contributed by atoms with Gasteiger partial charge in [-0.05, 0) is 56.3 Å². The van der Waals surface area contributed by atoms with Gasteiger partial charge in [0.05, 0.1) is 6.04 Å². The quantitative estimate of drug-likeness (QED) is 0.0787. The summed E-state index contributed by atoms with van der Waals surface area (Å²) in [5.74, 6) is -5.38. The van der Waals surface area contributed by atoms with Crippen molar-refractivity contribution in [3.8, 4) is 0 Å². The van der Waals surface area contributed by atoms with E-state index in [1.54, 1.807) is 0 Å². The number of carboxylic acids is 1. The number of carbonyl (C=O) groups is 7. The van der Waals surface area contributed by atoms with Gasteiger partial charge in [-0.25, -0.2) is 4.79 Å². The van der Waals surface area contributed by atoms with Crippen LogP contribution in [0, 0.1) is 23.7 Å². The van der Waals surface area contributed by atoms with E-state index >= 15 is 0 Å². The molecule has 10 N–H and O–H groups in total. The molecule has 0 heterocycles. The van der Waals surface area contributed by atoms with Crippen molar-refractivity contribution in [2.24, 2.45) is 35.1 Å². The van der Waals surface area contributed by atoms with Gasteiger partial charge in [-0.2, -0.15) is 0 Å². The van der Waals surface area contributed by atoms with Crippen LogP contribution in [-0.4, -0.2) is 82.8 Å². The van der Waals surface area contributed by atoms with Crippen LogP contribution in [0.3, 0.4) is 0 Å². The van der Waals surface area contributed by atoms with Gasteiger partial charge in [0.25, 0.3) is 0 Å². The summed E-state index contributed by atoms with van der Waals surface area (Å²) in [5, 5.41) is 22.4. The minimum Gasteiger partial charge on any atom is -0.480 e. The zero-order chi connectivity index (χ0) is 36.6. The van der Waals surface area contributed by atoms with Crippen molar-refractivity contribution in [2.75, 3.05) is 0 Å². The molecule has 0 aliphatic rings. The van der Waals surface area contributed by atoms with Gasteiger partial charge in [0.15, 0.2) is 0 Å². The van der Waals surface area contributed by atoms with Crippen LogP contribution in [0.15, 0.2) is 0 Å². The first-order valence-corrected chi connectivity index (χ1v) is 16.5. The van der Waals surface area contributed by atoms with Crippen LogP contribution in [0.5, 0.6) is 0 Å². The lowest BCUT2D eigenvalue weighted by Crippen LogP contribution is -2.60. The smallest absolute Gasteiger partial charge is 0.326 e. The van der Waals surface area contributed by atoms with Gasteiger partial charge in [0, 0.05) is 6.42 Å². The molecule has 0 aromatic rings. The number of carboxylic acid groups (broad SMARTS) is 1. The normalized spacial score (nSPS) is 15.9. The van der Waals surface area contributed by atoms with Gasteiger partial charge >= 0.3 is 5.97 Å². The summed E-state index contributed by atoms with van der Waals surface area (Å²) in [4.78, 5) is 88.5. The number of amides is 6. The van der Waals surface area contributed by atoms with Crippen LogP contribution < -0.4 is 38.1 Å². The molecular weight excluding hydrogens is 610 g/mol. The largest absolute Gasteiger partial charge is 0.480 e. The van der Waals surface area contributed by atoms with E-state index in [9.17, 15) is 38.7 Å². The Kier molecular flexibility index (Phi) is 19.5. The molecule has 0 saturated heterocycles. The summed E-state index contributed by atoms with van der Waals surface area (Å²) in [5.41, 5.74) is 11.1. The average molecular weight is 670 g/mol. The molecular formula is C32H59N7O8. The van der Waals surface area contributed by atoms with Crippen LogP contribution >= 0.6 is 0 Å². The molecule has 15 nitrogen and oxygen atoms in total. The van der Waals surface area contributed by atoms with E-state index < -0.39 is 77.7 Å². The highest BCUT2D eigenvalue weighted by atomic mass is 16.4. The van der Waals surface area contributed by atoms with Crippen molar-refractivity contribution in [3.63, 3.8) is 0 Å². The average Bonchev–Trinajstić information content (AvgIpc) is 2.95. The first kappa shape index (κ1) is 43.2. The molecule has 0 fully saturated rings. The second-order valence-corrected chi connectivity index (χ2v) is 13.6.